The smallest absolute Gasteiger partial charge is 0.266 e. The van der Waals surface area contributed by atoms with E-state index < -0.39 is 17.7 Å². The van der Waals surface area contributed by atoms with E-state index in [1.807, 2.05) is 48.5 Å². The number of hydrogen-bond acceptors (Lipinski definition) is 5. The molecule has 0 atom stereocenters. The van der Waals surface area contributed by atoms with Crippen LogP contribution in [0.1, 0.15) is 64.3 Å². The fraction of sp³-hybridized carbons (Fsp3) is 0.0286. The molecule has 7 heteroatoms. The number of benzene rings is 4. The summed E-state index contributed by atoms with van der Waals surface area (Å²) >= 11 is 0. The minimum absolute atomic E-state index is 0.193. The van der Waals surface area contributed by atoms with Crippen molar-refractivity contribution in [3.05, 3.63) is 137 Å². The third kappa shape index (κ3) is 3.73. The summed E-state index contributed by atoms with van der Waals surface area (Å²) in [5, 5.41) is 3.41. The van der Waals surface area contributed by atoms with Crippen molar-refractivity contribution in [2.75, 3.05) is 0 Å². The van der Waals surface area contributed by atoms with Gasteiger partial charge in [-0.15, -0.1) is 8.86 Å². The fourth-order valence-corrected chi connectivity index (χ4v) is 6.00. The summed E-state index contributed by atoms with van der Waals surface area (Å²) in [4.78, 5) is 60.5. The molecule has 5 aromatic rings. The summed E-state index contributed by atoms with van der Waals surface area (Å²) in [7, 11) is 3.34. The van der Waals surface area contributed by atoms with Crippen molar-refractivity contribution in [1.82, 2.24) is 9.88 Å². The van der Waals surface area contributed by atoms with Gasteiger partial charge in [0.05, 0.1) is 28.2 Å². The summed E-state index contributed by atoms with van der Waals surface area (Å²) in [6.45, 7) is 3.88. The number of carbonyl (C=O) groups excluding carboxylic acids is 4. The third-order valence-corrected chi connectivity index (χ3v) is 8.05. The van der Waals surface area contributed by atoms with Gasteiger partial charge in [0.15, 0.2) is 11.6 Å². The molecule has 0 bridgehead atoms. The van der Waals surface area contributed by atoms with Crippen molar-refractivity contribution in [2.45, 2.75) is 5.92 Å². The number of rotatable bonds is 5. The van der Waals surface area contributed by atoms with Crippen molar-refractivity contribution in [3.63, 3.8) is 0 Å². The number of pyridine rings is 1. The zero-order valence-corrected chi connectivity index (χ0v) is 23.1. The maximum Gasteiger partial charge on any atom is 0.266 e. The lowest BCUT2D eigenvalue weighted by Gasteiger charge is -2.20. The van der Waals surface area contributed by atoms with E-state index in [9.17, 15) is 19.2 Å². The molecule has 2 heterocycles. The molecule has 0 N–H and O–H groups in total. The number of aromatic nitrogens is 1. The summed E-state index contributed by atoms with van der Waals surface area (Å²) in [5.41, 5.74) is 2.50. The first-order chi connectivity index (χ1) is 20.4. The quantitative estimate of drug-likeness (QED) is 0.134. The molecule has 1 aliphatic heterocycles. The Kier molecular flexibility index (Phi) is 5.89. The lowest BCUT2D eigenvalue weighted by molar-refractivity contribution is 0.0733. The highest BCUT2D eigenvalue weighted by Gasteiger charge is 2.42. The largest absolute Gasteiger partial charge is 0.293 e. The molecule has 0 saturated carbocycles. The molecule has 0 unspecified atom stereocenters. The van der Waals surface area contributed by atoms with Gasteiger partial charge in [0.1, 0.15) is 5.92 Å². The normalized spacial score (nSPS) is 15.0. The number of nitrogens with zero attached hydrogens (tertiary/aromatic N) is 2. The Morgan fingerprint density at radius 1 is 0.714 bits per heavy atom. The molecule has 0 saturated heterocycles. The first-order valence-corrected chi connectivity index (χ1v) is 13.9. The van der Waals surface area contributed by atoms with Crippen molar-refractivity contribution < 1.29 is 19.2 Å². The Morgan fingerprint density at radius 2 is 1.19 bits per heavy atom. The minimum Gasteiger partial charge on any atom is -0.293 e. The Morgan fingerprint density at radius 3 is 1.64 bits per heavy atom. The van der Waals surface area contributed by atoms with Gasteiger partial charge in [-0.2, -0.15) is 0 Å². The van der Waals surface area contributed by atoms with Crippen molar-refractivity contribution in [3.8, 4) is 0 Å². The molecule has 2 amide bonds. The van der Waals surface area contributed by atoms with Crippen LogP contribution in [0.4, 0.5) is 0 Å². The zero-order valence-electron chi connectivity index (χ0n) is 22.1. The number of allylic oxidation sites excluding steroid dienone is 1. The number of Topliss-reactive ketones (excluding diaryl/α,β-unsaturated/α-hetero) is 2. The molecular weight excluding hydrogens is 543 g/mol. The summed E-state index contributed by atoms with van der Waals surface area (Å²) in [5.74, 6) is -1.28. The molecule has 1 aliphatic carbocycles. The molecule has 0 radical (unpaired) electrons. The number of hydrogen-bond donors (Lipinski definition) is 0. The molecule has 0 spiro atoms. The van der Waals surface area contributed by atoms with Crippen LogP contribution in [0.2, 0.25) is 0 Å². The summed E-state index contributed by atoms with van der Waals surface area (Å²) < 4.78 is 0. The number of amides is 2. The number of fused-ring (bicyclic) bond motifs is 4. The minimum atomic E-state index is -1.14. The first kappa shape index (κ1) is 25.6. The molecule has 0 fully saturated rings. The van der Waals surface area contributed by atoms with Crippen LogP contribution in [-0.4, -0.2) is 39.1 Å². The van der Waals surface area contributed by atoms with E-state index in [2.05, 4.69) is 15.4 Å². The van der Waals surface area contributed by atoms with Gasteiger partial charge in [0.25, 0.3) is 11.8 Å². The molecule has 2 aliphatic rings. The van der Waals surface area contributed by atoms with Crippen molar-refractivity contribution >= 4 is 71.4 Å². The lowest BCUT2D eigenvalue weighted by atomic mass is 9.97. The van der Waals surface area contributed by atoms with E-state index in [4.69, 9.17) is 4.98 Å². The molecule has 6 nitrogen and oxygen atoms in total. The zero-order chi connectivity index (χ0) is 29.1. The van der Waals surface area contributed by atoms with Gasteiger partial charge in [-0.3, -0.25) is 19.2 Å². The Hall–Kier alpha value is -5.32. The van der Waals surface area contributed by atoms with E-state index in [0.29, 0.717) is 27.8 Å². The highest BCUT2D eigenvalue weighted by atomic mass is 31.0. The van der Waals surface area contributed by atoms with E-state index in [1.165, 1.54) is 5.80 Å². The highest BCUT2D eigenvalue weighted by molar-refractivity contribution is 7.19. The molecular formula is C35H21N2O4P. The maximum atomic E-state index is 13.7. The maximum absolute atomic E-state index is 13.7. The second kappa shape index (κ2) is 9.65. The number of imide groups is 1. The molecule has 200 valence electrons. The van der Waals surface area contributed by atoms with Crippen LogP contribution >= 0.6 is 8.86 Å². The van der Waals surface area contributed by atoms with Gasteiger partial charge in [-0.1, -0.05) is 67.3 Å². The monoisotopic (exact) mass is 564 g/mol. The molecule has 4 aromatic carbocycles. The Balaban J connectivity index is 1.34. The van der Waals surface area contributed by atoms with Gasteiger partial charge in [0.2, 0.25) is 0 Å². The van der Waals surface area contributed by atoms with Crippen LogP contribution in [0.3, 0.4) is 0 Å². The van der Waals surface area contributed by atoms with Gasteiger partial charge in [0, 0.05) is 16.7 Å². The van der Waals surface area contributed by atoms with E-state index in [1.54, 1.807) is 48.6 Å². The molecule has 7 rings (SSSR count). The van der Waals surface area contributed by atoms with Crippen LogP contribution in [0.15, 0.2) is 97.6 Å². The summed E-state index contributed by atoms with van der Waals surface area (Å²) in [6.07, 6.45) is 3.11. The number of ketones is 2. The standard InChI is InChI=1S/C35H21N2O4P/c1-2-19-11-12-28(30-32(38)24-15-20-7-3-4-8-21(20)16-25(24)33(30)39)36-31(19)29(13-14-42)37-34(40)26-17-22-9-5-6-10-23(22)18-27(26)35(37)41/h2-18,30,42H,1H2/b29-13+. The van der Waals surface area contributed by atoms with Crippen LogP contribution < -0.4 is 0 Å². The second-order valence-corrected chi connectivity index (χ2v) is 10.5. The predicted octanol–water partition coefficient (Wildman–Crippen LogP) is 6.78. The van der Waals surface area contributed by atoms with Crippen molar-refractivity contribution in [1.29, 1.82) is 0 Å². The predicted molar refractivity (Wildman–Crippen MR) is 166 cm³/mol. The van der Waals surface area contributed by atoms with Crippen LogP contribution in [-0.2, 0) is 0 Å². The van der Waals surface area contributed by atoms with Crippen LogP contribution in [0.25, 0.3) is 33.3 Å². The topological polar surface area (TPSA) is 84.4 Å². The Labute approximate surface area is 242 Å². The Bertz CT molecular complexity index is 2020. The second-order valence-electron chi connectivity index (χ2n) is 10.2. The van der Waals surface area contributed by atoms with Crippen molar-refractivity contribution in [2.24, 2.45) is 0 Å². The average Bonchev–Trinajstić information content (AvgIpc) is 3.40. The third-order valence-electron chi connectivity index (χ3n) is 7.88. The average molecular weight is 565 g/mol. The van der Waals surface area contributed by atoms with E-state index >= 15 is 0 Å². The van der Waals surface area contributed by atoms with Gasteiger partial charge >= 0.3 is 0 Å². The van der Waals surface area contributed by atoms with E-state index in [-0.39, 0.29) is 28.7 Å². The SMILES string of the molecule is C=Cc1ccc(C2C(=O)c3cc4ccccc4cc3C2=O)nc1/C(=C\C=P)N1C(=O)c2cc3ccccc3cc2C1=O. The fourth-order valence-electron chi connectivity index (χ4n) is 5.85. The van der Waals surface area contributed by atoms with Gasteiger partial charge in [-0.25, -0.2) is 9.88 Å². The lowest BCUT2D eigenvalue weighted by Crippen LogP contribution is -2.29. The molecule has 42 heavy (non-hydrogen) atoms. The van der Waals surface area contributed by atoms with Gasteiger partial charge < -0.3 is 0 Å². The van der Waals surface area contributed by atoms with E-state index in [0.717, 1.165) is 26.4 Å². The molecule has 1 aromatic heterocycles. The highest BCUT2D eigenvalue weighted by Crippen LogP contribution is 2.38. The first-order valence-electron chi connectivity index (χ1n) is 13.3. The van der Waals surface area contributed by atoms with Crippen LogP contribution in [0, 0.1) is 0 Å². The summed E-state index contributed by atoms with van der Waals surface area (Å²) in [6, 6.07) is 25.3. The van der Waals surface area contributed by atoms with Gasteiger partial charge in [-0.05, 0) is 63.7 Å². The number of carbonyl (C=O) groups is 4. The van der Waals surface area contributed by atoms with Crippen LogP contribution in [0.5, 0.6) is 0 Å².